The van der Waals surface area contributed by atoms with Gasteiger partial charge in [0.05, 0.1) is 21.3 Å². The van der Waals surface area contributed by atoms with Crippen LogP contribution in [0.3, 0.4) is 0 Å². The predicted molar refractivity (Wildman–Crippen MR) is 98.7 cm³/mol. The number of aromatic amines is 1. The van der Waals surface area contributed by atoms with E-state index in [0.29, 0.717) is 15.3 Å². The van der Waals surface area contributed by atoms with Crippen LogP contribution in [0.5, 0.6) is 5.75 Å². The first-order chi connectivity index (χ1) is 13.8. The summed E-state index contributed by atoms with van der Waals surface area (Å²) in [6.07, 6.45) is -4.45. The molecule has 0 saturated carbocycles. The van der Waals surface area contributed by atoms with Gasteiger partial charge >= 0.3 is 6.18 Å². The molecule has 2 aromatic heterocycles. The predicted octanol–water partition coefficient (Wildman–Crippen LogP) is 4.82. The van der Waals surface area contributed by atoms with Crippen LogP contribution in [0.15, 0.2) is 36.4 Å². The summed E-state index contributed by atoms with van der Waals surface area (Å²) in [6.45, 7) is 0. The number of aromatic hydroxyl groups is 1. The Kier molecular flexibility index (Phi) is 4.22. The Morgan fingerprint density at radius 1 is 1.03 bits per heavy atom. The Balaban J connectivity index is 1.74. The Bertz CT molecular complexity index is 1310. The van der Waals surface area contributed by atoms with Crippen LogP contribution >= 0.6 is 11.3 Å². The number of phenols is 1. The number of nitriles is 2. The number of phenolic OH excluding ortho intramolecular Hbond substituents is 1. The quantitative estimate of drug-likeness (QED) is 0.491. The second kappa shape index (κ2) is 6.62. The lowest BCUT2D eigenvalue weighted by Crippen LogP contribution is -2.03. The molecule has 0 aliphatic heterocycles. The Labute approximate surface area is 165 Å². The van der Waals surface area contributed by atoms with Crippen molar-refractivity contribution in [1.82, 2.24) is 15.0 Å². The first-order valence-corrected chi connectivity index (χ1v) is 8.83. The SMILES string of the molecule is N#Cc1nc(-c2ccc(-c3nc4cc(C(F)(F)F)ccc4s3)cc2O)[nH]c1C#N. The van der Waals surface area contributed by atoms with E-state index in [1.165, 1.54) is 29.5 Å². The molecule has 0 unspecified atom stereocenters. The maximum atomic E-state index is 12.9. The van der Waals surface area contributed by atoms with Gasteiger partial charge in [-0.05, 0) is 30.3 Å². The van der Waals surface area contributed by atoms with E-state index in [9.17, 15) is 18.3 Å². The van der Waals surface area contributed by atoms with Crippen LogP contribution in [-0.2, 0) is 6.18 Å². The summed E-state index contributed by atoms with van der Waals surface area (Å²) >= 11 is 1.19. The van der Waals surface area contributed by atoms with Gasteiger partial charge in [-0.25, -0.2) is 9.97 Å². The molecule has 0 fully saturated rings. The van der Waals surface area contributed by atoms with Crippen LogP contribution < -0.4 is 0 Å². The molecule has 4 aromatic rings. The van der Waals surface area contributed by atoms with E-state index < -0.39 is 11.7 Å². The van der Waals surface area contributed by atoms with E-state index in [4.69, 9.17) is 10.5 Å². The highest BCUT2D eigenvalue weighted by atomic mass is 32.1. The maximum absolute atomic E-state index is 12.9. The number of aromatic nitrogens is 3. The summed E-state index contributed by atoms with van der Waals surface area (Å²) in [7, 11) is 0. The molecule has 0 radical (unpaired) electrons. The van der Waals surface area contributed by atoms with Crippen molar-refractivity contribution in [3.8, 4) is 39.8 Å². The molecule has 4 rings (SSSR count). The highest BCUT2D eigenvalue weighted by Crippen LogP contribution is 2.37. The number of alkyl halides is 3. The highest BCUT2D eigenvalue weighted by Gasteiger charge is 2.30. The van der Waals surface area contributed by atoms with Gasteiger partial charge in [-0.15, -0.1) is 11.3 Å². The normalized spacial score (nSPS) is 11.3. The second-order valence-corrected chi connectivity index (χ2v) is 6.99. The lowest BCUT2D eigenvalue weighted by Gasteiger charge is -2.04. The van der Waals surface area contributed by atoms with Crippen molar-refractivity contribution in [1.29, 1.82) is 10.5 Å². The number of rotatable bonds is 2. The van der Waals surface area contributed by atoms with Crippen molar-refractivity contribution in [3.05, 3.63) is 53.3 Å². The van der Waals surface area contributed by atoms with Gasteiger partial charge in [-0.1, -0.05) is 6.07 Å². The van der Waals surface area contributed by atoms with E-state index in [0.717, 1.165) is 12.1 Å². The van der Waals surface area contributed by atoms with Gasteiger partial charge in [-0.2, -0.15) is 23.7 Å². The minimum Gasteiger partial charge on any atom is -0.507 e. The van der Waals surface area contributed by atoms with Crippen LogP contribution in [0.2, 0.25) is 0 Å². The van der Waals surface area contributed by atoms with Gasteiger partial charge in [0, 0.05) is 5.56 Å². The fraction of sp³-hybridized carbons (Fsp3) is 0.0526. The van der Waals surface area contributed by atoms with Gasteiger partial charge in [-0.3, -0.25) is 0 Å². The van der Waals surface area contributed by atoms with Crippen LogP contribution in [0.25, 0.3) is 32.2 Å². The standard InChI is InChI=1S/C19H8F3N5OS/c20-19(21,22)10-2-4-16-12(6-10)27-18(29-16)9-1-3-11(15(28)5-9)17-25-13(7-23)14(8-24)26-17/h1-6,28H,(H,25,26). The Morgan fingerprint density at radius 2 is 1.83 bits per heavy atom. The zero-order valence-electron chi connectivity index (χ0n) is 14.2. The van der Waals surface area contributed by atoms with E-state index in [-0.39, 0.29) is 34.0 Å². The van der Waals surface area contributed by atoms with E-state index in [2.05, 4.69) is 15.0 Å². The van der Waals surface area contributed by atoms with Gasteiger partial charge in [0.1, 0.15) is 28.7 Å². The van der Waals surface area contributed by atoms with Crippen molar-refractivity contribution < 1.29 is 18.3 Å². The number of thiazole rings is 1. The lowest BCUT2D eigenvalue weighted by molar-refractivity contribution is -0.137. The van der Waals surface area contributed by atoms with Crippen LogP contribution in [0.4, 0.5) is 13.2 Å². The summed E-state index contributed by atoms with van der Waals surface area (Å²) in [5, 5.41) is 28.8. The fourth-order valence-corrected chi connectivity index (χ4v) is 3.70. The third kappa shape index (κ3) is 3.26. The number of nitrogens with one attached hydrogen (secondary N) is 1. The molecule has 29 heavy (non-hydrogen) atoms. The van der Waals surface area contributed by atoms with Gasteiger partial charge in [0.25, 0.3) is 0 Å². The van der Waals surface area contributed by atoms with E-state index in [1.54, 1.807) is 12.1 Å². The smallest absolute Gasteiger partial charge is 0.416 e. The third-order valence-corrected chi connectivity index (χ3v) is 5.22. The molecule has 10 heteroatoms. The molecule has 0 aliphatic carbocycles. The molecule has 0 saturated heterocycles. The van der Waals surface area contributed by atoms with E-state index in [1.807, 2.05) is 6.07 Å². The number of nitrogens with zero attached hydrogens (tertiary/aromatic N) is 4. The molecule has 2 aromatic carbocycles. The third-order valence-electron chi connectivity index (χ3n) is 4.14. The lowest BCUT2D eigenvalue weighted by atomic mass is 10.1. The first-order valence-electron chi connectivity index (χ1n) is 8.02. The van der Waals surface area contributed by atoms with Crippen LogP contribution in [-0.4, -0.2) is 20.1 Å². The van der Waals surface area contributed by atoms with Gasteiger partial charge in [0.15, 0.2) is 11.4 Å². The molecule has 2 heterocycles. The van der Waals surface area contributed by atoms with Gasteiger partial charge < -0.3 is 10.1 Å². The molecule has 0 bridgehead atoms. The number of halogens is 3. The van der Waals surface area contributed by atoms with Crippen LogP contribution in [0, 0.1) is 22.7 Å². The molecule has 0 atom stereocenters. The fourth-order valence-electron chi connectivity index (χ4n) is 2.75. The van der Waals surface area contributed by atoms with Crippen molar-refractivity contribution >= 4 is 21.6 Å². The number of hydrogen-bond acceptors (Lipinski definition) is 6. The number of fused-ring (bicyclic) bond motifs is 1. The zero-order chi connectivity index (χ0) is 20.8. The Hall–Kier alpha value is -3.89. The molecule has 2 N–H and O–H groups in total. The minimum absolute atomic E-state index is 0.0161. The molecule has 0 spiro atoms. The summed E-state index contributed by atoms with van der Waals surface area (Å²) in [6, 6.07) is 11.5. The summed E-state index contributed by atoms with van der Waals surface area (Å²) < 4.78 is 39.2. The molecule has 142 valence electrons. The van der Waals surface area contributed by atoms with Crippen molar-refractivity contribution in [2.45, 2.75) is 6.18 Å². The number of H-pyrrole nitrogens is 1. The van der Waals surface area contributed by atoms with Crippen molar-refractivity contribution in [3.63, 3.8) is 0 Å². The maximum Gasteiger partial charge on any atom is 0.416 e. The molecule has 6 nitrogen and oxygen atoms in total. The number of hydrogen-bond donors (Lipinski definition) is 2. The topological polar surface area (TPSA) is 109 Å². The monoisotopic (exact) mass is 411 g/mol. The molecule has 0 amide bonds. The summed E-state index contributed by atoms with van der Waals surface area (Å²) in [5.41, 5.74) is 0.113. The summed E-state index contributed by atoms with van der Waals surface area (Å²) in [4.78, 5) is 10.9. The molecular weight excluding hydrogens is 403 g/mol. The van der Waals surface area contributed by atoms with Crippen molar-refractivity contribution in [2.24, 2.45) is 0 Å². The average Bonchev–Trinajstić information content (AvgIpc) is 3.30. The zero-order valence-corrected chi connectivity index (χ0v) is 15.1. The molecule has 0 aliphatic rings. The minimum atomic E-state index is -4.45. The molecular formula is C19H8F3N5OS. The Morgan fingerprint density at radius 3 is 2.45 bits per heavy atom. The number of imidazole rings is 1. The average molecular weight is 411 g/mol. The largest absolute Gasteiger partial charge is 0.507 e. The van der Waals surface area contributed by atoms with Crippen molar-refractivity contribution in [2.75, 3.05) is 0 Å². The van der Waals surface area contributed by atoms with Crippen LogP contribution in [0.1, 0.15) is 17.0 Å². The second-order valence-electron chi connectivity index (χ2n) is 5.96. The van der Waals surface area contributed by atoms with E-state index >= 15 is 0 Å². The highest BCUT2D eigenvalue weighted by molar-refractivity contribution is 7.21. The first kappa shape index (κ1) is 18.5. The van der Waals surface area contributed by atoms with Gasteiger partial charge in [0.2, 0.25) is 0 Å². The summed E-state index contributed by atoms with van der Waals surface area (Å²) in [5.74, 6) is -0.0262. The number of benzene rings is 2.